The van der Waals surface area contributed by atoms with Gasteiger partial charge >= 0.3 is 6.09 Å². The number of carbonyl (C=O) groups excluding carboxylic acids is 2. The maximum absolute atomic E-state index is 12.3. The number of hydrogen-bond acceptors (Lipinski definition) is 3. The molecule has 0 N–H and O–H groups in total. The average molecular weight is 269 g/mol. The monoisotopic (exact) mass is 269 g/mol. The largest absolute Gasteiger partial charge is 0.444 e. The van der Waals surface area contributed by atoms with Crippen molar-refractivity contribution in [2.24, 2.45) is 5.92 Å². The van der Waals surface area contributed by atoms with Gasteiger partial charge in [0.15, 0.2) is 0 Å². The summed E-state index contributed by atoms with van der Waals surface area (Å²) in [5, 5.41) is 0. The van der Waals surface area contributed by atoms with Crippen LogP contribution in [-0.2, 0) is 9.53 Å². The highest BCUT2D eigenvalue weighted by Gasteiger charge is 2.37. The third kappa shape index (κ3) is 4.51. The van der Waals surface area contributed by atoms with Crippen molar-refractivity contribution in [3.63, 3.8) is 0 Å². The Morgan fingerprint density at radius 2 is 1.95 bits per heavy atom. The van der Waals surface area contributed by atoms with Crippen molar-refractivity contribution in [2.75, 3.05) is 0 Å². The Hall–Kier alpha value is -1.06. The fraction of sp³-hybridized carbons (Fsp3) is 0.867. The van der Waals surface area contributed by atoms with Gasteiger partial charge in [-0.05, 0) is 53.4 Å². The van der Waals surface area contributed by atoms with Crippen LogP contribution in [0, 0.1) is 5.92 Å². The molecule has 0 heterocycles. The van der Waals surface area contributed by atoms with E-state index in [0.29, 0.717) is 12.3 Å². The second kappa shape index (κ2) is 6.40. The van der Waals surface area contributed by atoms with Gasteiger partial charge in [-0.3, -0.25) is 0 Å². The number of rotatable bonds is 5. The minimum atomic E-state index is -0.504. The predicted octanol–water partition coefficient (Wildman–Crippen LogP) is 3.39. The van der Waals surface area contributed by atoms with E-state index in [4.69, 9.17) is 4.74 Å². The Bertz CT molecular complexity index is 316. The maximum Gasteiger partial charge on any atom is 0.410 e. The van der Waals surface area contributed by atoms with Crippen molar-refractivity contribution in [1.29, 1.82) is 0 Å². The number of nitrogens with zero attached hydrogens (tertiary/aromatic N) is 1. The molecular weight excluding hydrogens is 242 g/mol. The van der Waals surface area contributed by atoms with E-state index in [2.05, 4.69) is 0 Å². The molecule has 1 aliphatic rings. The molecule has 0 bridgehead atoms. The highest BCUT2D eigenvalue weighted by molar-refractivity contribution is 5.69. The maximum atomic E-state index is 12.3. The van der Waals surface area contributed by atoms with Crippen molar-refractivity contribution in [3.05, 3.63) is 0 Å². The van der Waals surface area contributed by atoms with Crippen molar-refractivity contribution in [3.8, 4) is 0 Å². The lowest BCUT2D eigenvalue weighted by molar-refractivity contribution is -0.109. The van der Waals surface area contributed by atoms with Crippen molar-refractivity contribution >= 4 is 12.4 Å². The van der Waals surface area contributed by atoms with Gasteiger partial charge in [-0.1, -0.05) is 6.42 Å². The van der Waals surface area contributed by atoms with Crippen LogP contribution in [0.2, 0.25) is 0 Å². The van der Waals surface area contributed by atoms with Gasteiger partial charge in [0.05, 0.1) is 0 Å². The van der Waals surface area contributed by atoms with Crippen molar-refractivity contribution in [2.45, 2.75) is 78.0 Å². The summed E-state index contributed by atoms with van der Waals surface area (Å²) in [4.78, 5) is 25.0. The van der Waals surface area contributed by atoms with Crippen LogP contribution in [0.15, 0.2) is 0 Å². The van der Waals surface area contributed by atoms with Gasteiger partial charge in [-0.15, -0.1) is 0 Å². The molecule has 0 aromatic heterocycles. The fourth-order valence-electron chi connectivity index (χ4n) is 2.50. The second-order valence-corrected chi connectivity index (χ2v) is 6.64. The second-order valence-electron chi connectivity index (χ2n) is 6.64. The molecule has 4 heteroatoms. The standard InChI is InChI=1S/C15H27NO3/c1-11(2)16(14(18)19-15(3,4)5)13(9-10-17)12-7-6-8-12/h10-13H,6-9H2,1-5H3. The Kier molecular flexibility index (Phi) is 5.39. The highest BCUT2D eigenvalue weighted by Crippen LogP contribution is 2.34. The fourth-order valence-corrected chi connectivity index (χ4v) is 2.50. The van der Waals surface area contributed by atoms with Gasteiger partial charge in [-0.2, -0.15) is 0 Å². The lowest BCUT2D eigenvalue weighted by Crippen LogP contribution is -2.51. The van der Waals surface area contributed by atoms with E-state index in [0.717, 1.165) is 19.1 Å². The number of amides is 1. The molecule has 0 aromatic rings. The SMILES string of the molecule is CC(C)N(C(=O)OC(C)(C)C)C(CC=O)C1CCC1. The zero-order chi connectivity index (χ0) is 14.6. The minimum Gasteiger partial charge on any atom is -0.444 e. The Morgan fingerprint density at radius 1 is 1.37 bits per heavy atom. The lowest BCUT2D eigenvalue weighted by Gasteiger charge is -2.42. The molecule has 1 atom stereocenters. The summed E-state index contributed by atoms with van der Waals surface area (Å²) < 4.78 is 5.48. The lowest BCUT2D eigenvalue weighted by atomic mass is 9.78. The smallest absolute Gasteiger partial charge is 0.410 e. The summed E-state index contributed by atoms with van der Waals surface area (Å²) in [6.07, 6.45) is 4.42. The van der Waals surface area contributed by atoms with E-state index in [1.54, 1.807) is 4.90 Å². The average Bonchev–Trinajstić information content (AvgIpc) is 2.11. The molecule has 0 spiro atoms. The van der Waals surface area contributed by atoms with E-state index in [-0.39, 0.29) is 18.2 Å². The summed E-state index contributed by atoms with van der Waals surface area (Å²) in [7, 11) is 0. The van der Waals surface area contributed by atoms with Crippen LogP contribution in [-0.4, -0.2) is 35.0 Å². The molecule has 0 aromatic carbocycles. The third-order valence-corrected chi connectivity index (χ3v) is 3.55. The van der Waals surface area contributed by atoms with Gasteiger partial charge in [0.25, 0.3) is 0 Å². The molecule has 19 heavy (non-hydrogen) atoms. The summed E-state index contributed by atoms with van der Waals surface area (Å²) in [5.74, 6) is 0.445. The zero-order valence-corrected chi connectivity index (χ0v) is 12.8. The first kappa shape index (κ1) is 16.0. The first-order valence-corrected chi connectivity index (χ1v) is 7.21. The van der Waals surface area contributed by atoms with Gasteiger partial charge in [0.2, 0.25) is 0 Å². The number of aldehydes is 1. The molecule has 0 radical (unpaired) electrons. The van der Waals surface area contributed by atoms with Gasteiger partial charge in [0, 0.05) is 18.5 Å². The van der Waals surface area contributed by atoms with E-state index < -0.39 is 5.60 Å². The van der Waals surface area contributed by atoms with Crippen molar-refractivity contribution < 1.29 is 14.3 Å². The number of ether oxygens (including phenoxy) is 1. The van der Waals surface area contributed by atoms with Crippen LogP contribution in [0.4, 0.5) is 4.79 Å². The van der Waals surface area contributed by atoms with Crippen LogP contribution in [0.5, 0.6) is 0 Å². The molecule has 1 rings (SSSR count). The molecule has 1 saturated carbocycles. The highest BCUT2D eigenvalue weighted by atomic mass is 16.6. The molecule has 1 fully saturated rings. The molecule has 110 valence electrons. The van der Waals surface area contributed by atoms with Crippen LogP contribution >= 0.6 is 0 Å². The molecule has 4 nitrogen and oxygen atoms in total. The van der Waals surface area contributed by atoms with Gasteiger partial charge in [-0.25, -0.2) is 4.79 Å². The summed E-state index contributed by atoms with van der Waals surface area (Å²) in [5.41, 5.74) is -0.504. The molecule has 1 amide bonds. The zero-order valence-electron chi connectivity index (χ0n) is 12.8. The van der Waals surface area contributed by atoms with Crippen LogP contribution in [0.3, 0.4) is 0 Å². The minimum absolute atomic E-state index is 0.0129. The Morgan fingerprint density at radius 3 is 2.26 bits per heavy atom. The van der Waals surface area contributed by atoms with E-state index in [9.17, 15) is 9.59 Å². The van der Waals surface area contributed by atoms with Gasteiger partial charge in [0.1, 0.15) is 11.9 Å². The summed E-state index contributed by atoms with van der Waals surface area (Å²) >= 11 is 0. The van der Waals surface area contributed by atoms with Gasteiger partial charge < -0.3 is 14.4 Å². The Balaban J connectivity index is 2.83. The van der Waals surface area contributed by atoms with E-state index in [1.807, 2.05) is 34.6 Å². The summed E-state index contributed by atoms with van der Waals surface area (Å²) in [6.45, 7) is 9.53. The molecule has 0 saturated heterocycles. The van der Waals surface area contributed by atoms with Crippen molar-refractivity contribution in [1.82, 2.24) is 4.90 Å². The first-order chi connectivity index (χ1) is 8.76. The van der Waals surface area contributed by atoms with Crippen LogP contribution < -0.4 is 0 Å². The normalized spacial score (nSPS) is 17.8. The van der Waals surface area contributed by atoms with Crippen LogP contribution in [0.1, 0.15) is 60.3 Å². The predicted molar refractivity (Wildman–Crippen MR) is 75.0 cm³/mol. The van der Waals surface area contributed by atoms with E-state index in [1.165, 1.54) is 6.42 Å². The molecule has 1 aliphatic carbocycles. The molecule has 1 unspecified atom stereocenters. The quantitative estimate of drug-likeness (QED) is 0.719. The first-order valence-electron chi connectivity index (χ1n) is 7.21. The third-order valence-electron chi connectivity index (χ3n) is 3.55. The van der Waals surface area contributed by atoms with Crippen LogP contribution in [0.25, 0.3) is 0 Å². The topological polar surface area (TPSA) is 46.6 Å². The molecule has 0 aliphatic heterocycles. The molecular formula is C15H27NO3. The number of carbonyl (C=O) groups is 2. The Labute approximate surface area is 116 Å². The number of hydrogen-bond donors (Lipinski definition) is 0. The summed E-state index contributed by atoms with van der Waals surface area (Å²) in [6, 6.07) is 0.0292. The van der Waals surface area contributed by atoms with E-state index >= 15 is 0 Å².